The summed E-state index contributed by atoms with van der Waals surface area (Å²) in [7, 11) is 0. The van der Waals surface area contributed by atoms with Crippen LogP contribution in [0.3, 0.4) is 0 Å². The van der Waals surface area contributed by atoms with Crippen LogP contribution in [0.15, 0.2) is 60.0 Å². The first-order valence-electron chi connectivity index (χ1n) is 10.5. The van der Waals surface area contributed by atoms with Gasteiger partial charge in [-0.3, -0.25) is 4.79 Å². The highest BCUT2D eigenvalue weighted by atomic mass is 32.1. The molecule has 158 valence electrons. The van der Waals surface area contributed by atoms with Crippen LogP contribution in [0, 0.1) is 0 Å². The summed E-state index contributed by atoms with van der Waals surface area (Å²) in [6, 6.07) is 17.7. The minimum absolute atomic E-state index is 0.0432. The molecule has 1 amide bonds. The number of carbonyl (C=O) groups excluding carboxylic acids is 1. The average Bonchev–Trinajstić information content (AvgIpc) is 3.23. The zero-order valence-corrected chi connectivity index (χ0v) is 19.0. The summed E-state index contributed by atoms with van der Waals surface area (Å²) >= 11 is 1.58. The summed E-state index contributed by atoms with van der Waals surface area (Å²) in [6.07, 6.45) is 0.894. The monoisotopic (exact) mass is 422 g/mol. The van der Waals surface area contributed by atoms with Crippen molar-refractivity contribution < 1.29 is 9.53 Å². The number of para-hydroxylation sites is 1. The van der Waals surface area contributed by atoms with Crippen molar-refractivity contribution in [1.82, 2.24) is 9.88 Å². The third-order valence-electron chi connectivity index (χ3n) is 5.23. The summed E-state index contributed by atoms with van der Waals surface area (Å²) in [4.78, 5) is 19.7. The summed E-state index contributed by atoms with van der Waals surface area (Å²) in [5.41, 5.74) is 2.81. The van der Waals surface area contributed by atoms with Gasteiger partial charge >= 0.3 is 0 Å². The lowest BCUT2D eigenvalue weighted by molar-refractivity contribution is 0.0669. The van der Waals surface area contributed by atoms with Gasteiger partial charge in [-0.15, -0.1) is 11.3 Å². The maximum Gasteiger partial charge on any atom is 0.254 e. The number of hydrogen-bond donors (Lipinski definition) is 0. The highest BCUT2D eigenvalue weighted by molar-refractivity contribution is 7.09. The molecule has 0 unspecified atom stereocenters. The van der Waals surface area contributed by atoms with Gasteiger partial charge in [-0.1, -0.05) is 57.2 Å². The average molecular weight is 423 g/mol. The van der Waals surface area contributed by atoms with Crippen molar-refractivity contribution >= 4 is 17.2 Å². The van der Waals surface area contributed by atoms with E-state index in [2.05, 4.69) is 33.8 Å². The zero-order chi connectivity index (χ0) is 21.5. The molecule has 1 aromatic heterocycles. The first-order chi connectivity index (χ1) is 14.5. The number of amides is 1. The fraction of sp³-hybridized carbons (Fsp3) is 0.360. The minimum Gasteiger partial charge on any atom is -0.486 e. The molecule has 2 aromatic carbocycles. The van der Waals surface area contributed by atoms with Crippen LogP contribution in [0.2, 0.25) is 0 Å². The SMILES string of the molecule is CC[C@@H](C)N(Cc1csc(COc2ccccc2C(C)C)n1)C(=O)c1ccccc1. The molecular weight excluding hydrogens is 392 g/mol. The predicted octanol–water partition coefficient (Wildman–Crippen LogP) is 6.29. The van der Waals surface area contributed by atoms with Crippen molar-refractivity contribution in [2.24, 2.45) is 0 Å². The van der Waals surface area contributed by atoms with Crippen LogP contribution in [0.1, 0.15) is 66.7 Å². The Hall–Kier alpha value is -2.66. The fourth-order valence-electron chi connectivity index (χ4n) is 3.29. The van der Waals surface area contributed by atoms with Gasteiger partial charge in [-0.25, -0.2) is 4.98 Å². The molecule has 0 N–H and O–H groups in total. The van der Waals surface area contributed by atoms with Crippen LogP contribution < -0.4 is 4.74 Å². The van der Waals surface area contributed by atoms with Crippen molar-refractivity contribution in [1.29, 1.82) is 0 Å². The predicted molar refractivity (Wildman–Crippen MR) is 123 cm³/mol. The smallest absolute Gasteiger partial charge is 0.254 e. The second-order valence-corrected chi connectivity index (χ2v) is 8.71. The van der Waals surface area contributed by atoms with E-state index in [1.54, 1.807) is 11.3 Å². The quantitative estimate of drug-likeness (QED) is 0.407. The minimum atomic E-state index is 0.0432. The molecule has 1 atom stereocenters. The lowest BCUT2D eigenvalue weighted by Gasteiger charge is -2.28. The Bertz CT molecular complexity index is 953. The van der Waals surface area contributed by atoms with E-state index in [9.17, 15) is 4.79 Å². The highest BCUT2D eigenvalue weighted by Crippen LogP contribution is 2.27. The molecule has 0 fully saturated rings. The molecule has 30 heavy (non-hydrogen) atoms. The summed E-state index contributed by atoms with van der Waals surface area (Å²) in [5, 5.41) is 2.94. The summed E-state index contributed by atoms with van der Waals surface area (Å²) < 4.78 is 6.06. The van der Waals surface area contributed by atoms with E-state index in [0.29, 0.717) is 24.6 Å². The van der Waals surface area contributed by atoms with E-state index in [4.69, 9.17) is 9.72 Å². The van der Waals surface area contributed by atoms with Crippen molar-refractivity contribution in [3.8, 4) is 5.75 Å². The van der Waals surface area contributed by atoms with E-state index in [0.717, 1.165) is 22.9 Å². The molecule has 5 heteroatoms. The first-order valence-corrected chi connectivity index (χ1v) is 11.4. The normalized spacial score (nSPS) is 12.0. The van der Waals surface area contributed by atoms with Gasteiger partial charge in [-0.2, -0.15) is 0 Å². The van der Waals surface area contributed by atoms with Crippen LogP contribution in [0.25, 0.3) is 0 Å². The first kappa shape index (κ1) is 22.0. The molecule has 3 aromatic rings. The summed E-state index contributed by atoms with van der Waals surface area (Å²) in [5.74, 6) is 1.35. The Kier molecular flexibility index (Phi) is 7.63. The Morgan fingerprint density at radius 3 is 2.47 bits per heavy atom. The largest absolute Gasteiger partial charge is 0.486 e. The Morgan fingerprint density at radius 1 is 1.07 bits per heavy atom. The number of thiazole rings is 1. The zero-order valence-electron chi connectivity index (χ0n) is 18.2. The van der Waals surface area contributed by atoms with Gasteiger partial charge in [0.05, 0.1) is 12.2 Å². The maximum atomic E-state index is 13.0. The van der Waals surface area contributed by atoms with Gasteiger partial charge in [-0.05, 0) is 43.0 Å². The van der Waals surface area contributed by atoms with Crippen LogP contribution >= 0.6 is 11.3 Å². The molecule has 0 bridgehead atoms. The summed E-state index contributed by atoms with van der Waals surface area (Å²) in [6.45, 7) is 9.45. The van der Waals surface area contributed by atoms with Gasteiger partial charge in [0.25, 0.3) is 5.91 Å². The lowest BCUT2D eigenvalue weighted by atomic mass is 10.0. The molecule has 0 saturated heterocycles. The molecule has 0 aliphatic heterocycles. The molecule has 4 nitrogen and oxygen atoms in total. The van der Waals surface area contributed by atoms with E-state index >= 15 is 0 Å². The van der Waals surface area contributed by atoms with Crippen LogP contribution in [0.5, 0.6) is 5.75 Å². The second-order valence-electron chi connectivity index (χ2n) is 7.77. The van der Waals surface area contributed by atoms with Crippen molar-refractivity contribution in [2.45, 2.75) is 59.2 Å². The molecule has 3 rings (SSSR count). The van der Waals surface area contributed by atoms with Gasteiger partial charge in [0.15, 0.2) is 0 Å². The van der Waals surface area contributed by atoms with E-state index < -0.39 is 0 Å². The third-order valence-corrected chi connectivity index (χ3v) is 6.10. The second kappa shape index (κ2) is 10.4. The van der Waals surface area contributed by atoms with E-state index in [1.807, 2.05) is 58.8 Å². The number of hydrogen-bond acceptors (Lipinski definition) is 4. The van der Waals surface area contributed by atoms with Crippen molar-refractivity contribution in [3.63, 3.8) is 0 Å². The number of nitrogens with zero attached hydrogens (tertiary/aromatic N) is 2. The van der Waals surface area contributed by atoms with Crippen LogP contribution in [-0.4, -0.2) is 21.8 Å². The number of aromatic nitrogens is 1. The number of carbonyl (C=O) groups is 1. The molecule has 0 spiro atoms. The van der Waals surface area contributed by atoms with E-state index in [1.165, 1.54) is 5.56 Å². The Labute approximate surface area is 183 Å². The molecule has 1 heterocycles. The molecule has 0 radical (unpaired) electrons. The fourth-order valence-corrected chi connectivity index (χ4v) is 3.98. The number of benzene rings is 2. The third kappa shape index (κ3) is 5.48. The van der Waals surface area contributed by atoms with Gasteiger partial charge in [0, 0.05) is 17.0 Å². The lowest BCUT2D eigenvalue weighted by Crippen LogP contribution is -2.37. The Balaban J connectivity index is 1.69. The molecular formula is C25H30N2O2S. The van der Waals surface area contributed by atoms with Crippen molar-refractivity contribution in [3.05, 3.63) is 81.8 Å². The van der Waals surface area contributed by atoms with E-state index in [-0.39, 0.29) is 11.9 Å². The standard InChI is InChI=1S/C25H30N2O2S/c1-5-19(4)27(25(28)20-11-7-6-8-12-20)15-21-17-30-24(26-21)16-29-23-14-10-9-13-22(23)18(2)3/h6-14,17-19H,5,15-16H2,1-4H3/t19-/m1/s1. The molecule has 0 saturated carbocycles. The van der Waals surface area contributed by atoms with Crippen molar-refractivity contribution in [2.75, 3.05) is 0 Å². The van der Waals surface area contributed by atoms with Crippen LogP contribution in [-0.2, 0) is 13.2 Å². The van der Waals surface area contributed by atoms with Gasteiger partial charge in [0.1, 0.15) is 17.4 Å². The Morgan fingerprint density at radius 2 is 1.77 bits per heavy atom. The molecule has 0 aliphatic carbocycles. The maximum absolute atomic E-state index is 13.0. The highest BCUT2D eigenvalue weighted by Gasteiger charge is 2.21. The van der Waals surface area contributed by atoms with Crippen LogP contribution in [0.4, 0.5) is 0 Å². The number of ether oxygens (including phenoxy) is 1. The topological polar surface area (TPSA) is 42.4 Å². The molecule has 0 aliphatic rings. The van der Waals surface area contributed by atoms with Gasteiger partial charge in [0.2, 0.25) is 0 Å². The number of rotatable bonds is 9. The van der Waals surface area contributed by atoms with Gasteiger partial charge < -0.3 is 9.64 Å².